The Morgan fingerprint density at radius 1 is 1.24 bits per heavy atom. The van der Waals surface area contributed by atoms with Crippen LogP contribution < -0.4 is 5.73 Å². The van der Waals surface area contributed by atoms with Gasteiger partial charge in [-0.2, -0.15) is 5.10 Å². The van der Waals surface area contributed by atoms with E-state index in [4.69, 9.17) is 17.3 Å². The second-order valence-electron chi connectivity index (χ2n) is 5.65. The fourth-order valence-corrected chi connectivity index (χ4v) is 2.73. The van der Waals surface area contributed by atoms with Gasteiger partial charge in [-0.3, -0.25) is 4.68 Å². The van der Waals surface area contributed by atoms with Crippen molar-refractivity contribution in [2.24, 2.45) is 5.73 Å². The van der Waals surface area contributed by atoms with E-state index >= 15 is 0 Å². The summed E-state index contributed by atoms with van der Waals surface area (Å²) in [6.45, 7) is 6.94. The fourth-order valence-electron chi connectivity index (χ4n) is 2.52. The molecule has 2 rings (SSSR count). The molecule has 1 atom stereocenters. The maximum absolute atomic E-state index is 6.33. The number of nitrogens with zero attached hydrogens (tertiary/aromatic N) is 2. The van der Waals surface area contributed by atoms with Crippen molar-refractivity contribution in [1.29, 1.82) is 0 Å². The largest absolute Gasteiger partial charge is 0.327 e. The molecular weight excluding hydrogens is 282 g/mol. The van der Waals surface area contributed by atoms with Crippen molar-refractivity contribution >= 4 is 11.6 Å². The summed E-state index contributed by atoms with van der Waals surface area (Å²) in [5.74, 6) is 0. The molecule has 0 saturated heterocycles. The van der Waals surface area contributed by atoms with E-state index < -0.39 is 0 Å². The Bertz CT molecular complexity index is 587. The van der Waals surface area contributed by atoms with Crippen LogP contribution in [0, 0.1) is 13.8 Å². The molecule has 2 aromatic rings. The minimum Gasteiger partial charge on any atom is -0.327 e. The van der Waals surface area contributed by atoms with Crippen molar-refractivity contribution in [3.8, 4) is 0 Å². The second-order valence-corrected chi connectivity index (χ2v) is 6.03. The number of nitrogens with two attached hydrogens (primary N) is 1. The highest BCUT2D eigenvalue weighted by molar-refractivity contribution is 6.31. The summed E-state index contributed by atoms with van der Waals surface area (Å²) in [7, 11) is 0. The first kappa shape index (κ1) is 16.1. The molecule has 3 nitrogen and oxygen atoms in total. The second kappa shape index (κ2) is 7.10. The van der Waals surface area contributed by atoms with E-state index in [2.05, 4.69) is 43.2 Å². The van der Waals surface area contributed by atoms with E-state index in [1.165, 1.54) is 11.1 Å². The quantitative estimate of drug-likeness (QED) is 0.885. The third-order valence-electron chi connectivity index (χ3n) is 3.83. The molecule has 0 bridgehead atoms. The van der Waals surface area contributed by atoms with Gasteiger partial charge in [0.1, 0.15) is 0 Å². The molecular formula is C17H24ClN3. The topological polar surface area (TPSA) is 43.8 Å². The molecule has 1 unspecified atom stereocenters. The molecule has 0 aliphatic heterocycles. The van der Waals surface area contributed by atoms with Crippen LogP contribution in [0.15, 0.2) is 24.3 Å². The lowest BCUT2D eigenvalue weighted by molar-refractivity contribution is 0.554. The molecule has 1 heterocycles. The Labute approximate surface area is 132 Å². The van der Waals surface area contributed by atoms with Gasteiger partial charge in [0.2, 0.25) is 0 Å². The van der Waals surface area contributed by atoms with Crippen molar-refractivity contribution in [1.82, 2.24) is 9.78 Å². The van der Waals surface area contributed by atoms with E-state index in [9.17, 15) is 0 Å². The number of hydrogen-bond acceptors (Lipinski definition) is 2. The molecule has 0 fully saturated rings. The van der Waals surface area contributed by atoms with Crippen LogP contribution in [0.4, 0.5) is 0 Å². The summed E-state index contributed by atoms with van der Waals surface area (Å²) in [6.07, 6.45) is 2.73. The summed E-state index contributed by atoms with van der Waals surface area (Å²) < 4.78 is 1.96. The first-order chi connectivity index (χ1) is 10.0. The van der Waals surface area contributed by atoms with E-state index in [-0.39, 0.29) is 6.04 Å². The van der Waals surface area contributed by atoms with E-state index in [1.807, 2.05) is 11.6 Å². The molecule has 0 radical (unpaired) electrons. The fraction of sp³-hybridized carbons (Fsp3) is 0.471. The van der Waals surface area contributed by atoms with Gasteiger partial charge < -0.3 is 5.73 Å². The summed E-state index contributed by atoms with van der Waals surface area (Å²) in [6, 6.07) is 8.75. The highest BCUT2D eigenvalue weighted by Crippen LogP contribution is 2.22. The van der Waals surface area contributed by atoms with Crippen molar-refractivity contribution in [3.05, 3.63) is 51.8 Å². The molecule has 0 aliphatic carbocycles. The maximum Gasteiger partial charge on any atom is 0.0847 e. The zero-order valence-corrected chi connectivity index (χ0v) is 13.8. The molecule has 0 amide bonds. The smallest absolute Gasteiger partial charge is 0.0847 e. The third kappa shape index (κ3) is 4.08. The molecule has 4 heteroatoms. The Morgan fingerprint density at radius 2 is 1.90 bits per heavy atom. The minimum absolute atomic E-state index is 0.102. The minimum atomic E-state index is 0.102. The summed E-state index contributed by atoms with van der Waals surface area (Å²) in [5, 5.41) is 5.21. The first-order valence-electron chi connectivity index (χ1n) is 7.54. The zero-order valence-electron chi connectivity index (χ0n) is 13.1. The lowest BCUT2D eigenvalue weighted by atomic mass is 10.0. The van der Waals surface area contributed by atoms with Crippen LogP contribution in [0.25, 0.3) is 0 Å². The summed E-state index contributed by atoms with van der Waals surface area (Å²) in [4.78, 5) is 0. The average Bonchev–Trinajstić information content (AvgIpc) is 2.74. The average molecular weight is 306 g/mol. The summed E-state index contributed by atoms with van der Waals surface area (Å²) >= 11 is 6.33. The standard InChI is InChI=1S/C17H24ClN3/c1-4-21-16(17(18)13(3)20-21)11-15(19)10-9-14-7-5-12(2)6-8-14/h5-8,15H,4,9-11,19H2,1-3H3. The summed E-state index contributed by atoms with van der Waals surface area (Å²) in [5.41, 5.74) is 10.9. The number of hydrogen-bond donors (Lipinski definition) is 1. The van der Waals surface area contributed by atoms with Gasteiger partial charge in [-0.25, -0.2) is 0 Å². The van der Waals surface area contributed by atoms with Gasteiger partial charge in [0, 0.05) is 19.0 Å². The molecule has 21 heavy (non-hydrogen) atoms. The number of aryl methyl sites for hydroxylation is 4. The lowest BCUT2D eigenvalue weighted by Crippen LogP contribution is -2.25. The van der Waals surface area contributed by atoms with Gasteiger partial charge in [-0.1, -0.05) is 41.4 Å². The lowest BCUT2D eigenvalue weighted by Gasteiger charge is -2.13. The highest BCUT2D eigenvalue weighted by Gasteiger charge is 2.15. The van der Waals surface area contributed by atoms with Crippen LogP contribution in [0.1, 0.15) is 35.9 Å². The van der Waals surface area contributed by atoms with Gasteiger partial charge in [0.25, 0.3) is 0 Å². The van der Waals surface area contributed by atoms with Crippen LogP contribution in [0.3, 0.4) is 0 Å². The molecule has 0 saturated carbocycles. The predicted octanol–water partition coefficient (Wildman–Crippen LogP) is 3.68. The monoisotopic (exact) mass is 305 g/mol. The van der Waals surface area contributed by atoms with Crippen LogP contribution in [0.5, 0.6) is 0 Å². The molecule has 0 aliphatic rings. The van der Waals surface area contributed by atoms with Crippen molar-refractivity contribution < 1.29 is 0 Å². The number of halogens is 1. The number of benzene rings is 1. The van der Waals surface area contributed by atoms with Crippen LogP contribution in [-0.4, -0.2) is 15.8 Å². The highest BCUT2D eigenvalue weighted by atomic mass is 35.5. The maximum atomic E-state index is 6.33. The number of aromatic nitrogens is 2. The SMILES string of the molecule is CCn1nc(C)c(Cl)c1CC(N)CCc1ccc(C)cc1. The molecule has 1 aromatic carbocycles. The molecule has 1 aromatic heterocycles. The normalized spacial score (nSPS) is 12.6. The Balaban J connectivity index is 1.95. The molecule has 114 valence electrons. The first-order valence-corrected chi connectivity index (χ1v) is 7.92. The van der Waals surface area contributed by atoms with Gasteiger partial charge in [-0.15, -0.1) is 0 Å². The predicted molar refractivity (Wildman–Crippen MR) is 88.8 cm³/mol. The van der Waals surface area contributed by atoms with Crippen molar-refractivity contribution in [2.45, 2.75) is 52.6 Å². The van der Waals surface area contributed by atoms with E-state index in [1.54, 1.807) is 0 Å². The number of rotatable bonds is 6. The van der Waals surface area contributed by atoms with E-state index in [0.717, 1.165) is 42.2 Å². The van der Waals surface area contributed by atoms with Gasteiger partial charge in [-0.05, 0) is 39.2 Å². The van der Waals surface area contributed by atoms with Crippen LogP contribution in [-0.2, 0) is 19.4 Å². The van der Waals surface area contributed by atoms with Crippen LogP contribution in [0.2, 0.25) is 5.02 Å². The Morgan fingerprint density at radius 3 is 2.52 bits per heavy atom. The van der Waals surface area contributed by atoms with Crippen molar-refractivity contribution in [3.63, 3.8) is 0 Å². The van der Waals surface area contributed by atoms with Crippen molar-refractivity contribution in [2.75, 3.05) is 0 Å². The van der Waals surface area contributed by atoms with E-state index in [0.29, 0.717) is 0 Å². The Hall–Kier alpha value is -1.32. The Kier molecular flexibility index (Phi) is 5.43. The van der Waals surface area contributed by atoms with Gasteiger partial charge >= 0.3 is 0 Å². The third-order valence-corrected chi connectivity index (χ3v) is 4.32. The molecule has 0 spiro atoms. The zero-order chi connectivity index (χ0) is 15.4. The molecule has 2 N–H and O–H groups in total. The van der Waals surface area contributed by atoms with Gasteiger partial charge in [0.05, 0.1) is 16.4 Å². The van der Waals surface area contributed by atoms with Gasteiger partial charge in [0.15, 0.2) is 0 Å². The van der Waals surface area contributed by atoms with Crippen LogP contribution >= 0.6 is 11.6 Å².